The minimum Gasteiger partial charge on any atom is -0.387 e. The monoisotopic (exact) mass is 323 g/mol. The van der Waals surface area contributed by atoms with Crippen molar-refractivity contribution >= 4 is 11.8 Å². The van der Waals surface area contributed by atoms with Gasteiger partial charge >= 0.3 is 0 Å². The van der Waals surface area contributed by atoms with E-state index in [1.807, 2.05) is 6.92 Å². The largest absolute Gasteiger partial charge is 0.387 e. The molecule has 1 atom stereocenters. The predicted molar refractivity (Wildman–Crippen MR) is 86.8 cm³/mol. The molecule has 130 valence electrons. The number of carbonyl (C=O) groups is 2. The molecule has 0 aromatic rings. The predicted octanol–water partition coefficient (Wildman–Crippen LogP) is 0.541. The third-order valence-electron chi connectivity index (χ3n) is 5.86. The van der Waals surface area contributed by atoms with Gasteiger partial charge in [0.05, 0.1) is 5.60 Å². The van der Waals surface area contributed by atoms with E-state index >= 15 is 0 Å². The fourth-order valence-corrected chi connectivity index (χ4v) is 4.52. The van der Waals surface area contributed by atoms with Crippen molar-refractivity contribution < 1.29 is 14.7 Å². The van der Waals surface area contributed by atoms with Crippen LogP contribution in [0.4, 0.5) is 0 Å². The first-order chi connectivity index (χ1) is 11.0. The molecule has 0 unspecified atom stereocenters. The van der Waals surface area contributed by atoms with Crippen LogP contribution in [0, 0.1) is 0 Å². The first kappa shape index (κ1) is 16.7. The summed E-state index contributed by atoms with van der Waals surface area (Å²) in [5, 5.41) is 17.2. The summed E-state index contributed by atoms with van der Waals surface area (Å²) in [5.41, 5.74) is -1.80. The van der Waals surface area contributed by atoms with Crippen LogP contribution in [0.3, 0.4) is 0 Å². The maximum atomic E-state index is 13.2. The summed E-state index contributed by atoms with van der Waals surface area (Å²) in [6.45, 7) is 4.10. The Kier molecular flexibility index (Phi) is 4.65. The van der Waals surface area contributed by atoms with Gasteiger partial charge in [0, 0.05) is 6.54 Å². The summed E-state index contributed by atoms with van der Waals surface area (Å²) < 4.78 is 0. The van der Waals surface area contributed by atoms with E-state index in [1.54, 1.807) is 4.90 Å². The van der Waals surface area contributed by atoms with Gasteiger partial charge in [-0.3, -0.25) is 9.59 Å². The molecule has 1 spiro atoms. The lowest BCUT2D eigenvalue weighted by molar-refractivity contribution is -0.169. The number of piperazine rings is 1. The van der Waals surface area contributed by atoms with Crippen LogP contribution in [0.1, 0.15) is 58.3 Å². The lowest BCUT2D eigenvalue weighted by atomic mass is 9.75. The number of nitrogens with zero attached hydrogens (tertiary/aromatic N) is 1. The molecule has 2 amide bonds. The summed E-state index contributed by atoms with van der Waals surface area (Å²) in [6, 6.07) is -0.776. The van der Waals surface area contributed by atoms with Gasteiger partial charge in [-0.15, -0.1) is 0 Å². The van der Waals surface area contributed by atoms with Crippen molar-refractivity contribution in [1.82, 2.24) is 15.5 Å². The van der Waals surface area contributed by atoms with Crippen LogP contribution >= 0.6 is 0 Å². The molecule has 6 heteroatoms. The van der Waals surface area contributed by atoms with E-state index < -0.39 is 17.2 Å². The highest BCUT2D eigenvalue weighted by molar-refractivity contribution is 6.00. The SMILES string of the molecule is CCCN1C(=O)[C@@H](C2(O)CCCCC2)NC(=O)C12CCNCC2. The molecule has 0 radical (unpaired) electrons. The quantitative estimate of drug-likeness (QED) is 0.708. The van der Waals surface area contributed by atoms with Gasteiger partial charge in [0.25, 0.3) is 0 Å². The van der Waals surface area contributed by atoms with E-state index in [-0.39, 0.29) is 11.8 Å². The second kappa shape index (κ2) is 6.40. The molecule has 3 N–H and O–H groups in total. The van der Waals surface area contributed by atoms with E-state index in [4.69, 9.17) is 0 Å². The number of carbonyl (C=O) groups excluding carboxylic acids is 2. The Morgan fingerprint density at radius 1 is 1.13 bits per heavy atom. The number of amides is 2. The zero-order chi connectivity index (χ0) is 16.5. The average molecular weight is 323 g/mol. The van der Waals surface area contributed by atoms with E-state index in [0.717, 1.165) is 38.8 Å². The Hall–Kier alpha value is -1.14. The van der Waals surface area contributed by atoms with E-state index in [0.29, 0.717) is 32.2 Å². The molecule has 2 saturated heterocycles. The van der Waals surface area contributed by atoms with Crippen LogP contribution in [0.25, 0.3) is 0 Å². The second-order valence-corrected chi connectivity index (χ2v) is 7.34. The Labute approximate surface area is 138 Å². The summed E-state index contributed by atoms with van der Waals surface area (Å²) >= 11 is 0. The zero-order valence-electron chi connectivity index (χ0n) is 14.1. The van der Waals surface area contributed by atoms with Gasteiger partial charge in [0.1, 0.15) is 11.6 Å². The lowest BCUT2D eigenvalue weighted by Crippen LogP contribution is -2.76. The first-order valence-corrected chi connectivity index (χ1v) is 9.09. The van der Waals surface area contributed by atoms with Crippen molar-refractivity contribution in [3.8, 4) is 0 Å². The van der Waals surface area contributed by atoms with Gasteiger partial charge in [-0.1, -0.05) is 26.2 Å². The number of hydrogen-bond donors (Lipinski definition) is 3. The minimum atomic E-state index is -1.08. The number of rotatable bonds is 3. The topological polar surface area (TPSA) is 81.7 Å². The number of piperidine rings is 1. The van der Waals surface area contributed by atoms with E-state index in [1.165, 1.54) is 0 Å². The summed E-state index contributed by atoms with van der Waals surface area (Å²) in [7, 11) is 0. The molecule has 0 bridgehead atoms. The van der Waals surface area contributed by atoms with Gasteiger partial charge in [-0.2, -0.15) is 0 Å². The molecule has 6 nitrogen and oxygen atoms in total. The van der Waals surface area contributed by atoms with Crippen LogP contribution in [0.2, 0.25) is 0 Å². The van der Waals surface area contributed by atoms with Crippen molar-refractivity contribution in [1.29, 1.82) is 0 Å². The fourth-order valence-electron chi connectivity index (χ4n) is 4.52. The maximum absolute atomic E-state index is 13.2. The molecule has 23 heavy (non-hydrogen) atoms. The highest BCUT2D eigenvalue weighted by Crippen LogP contribution is 2.37. The highest BCUT2D eigenvalue weighted by Gasteiger charge is 2.57. The highest BCUT2D eigenvalue weighted by atomic mass is 16.3. The summed E-state index contributed by atoms with van der Waals surface area (Å²) in [6.07, 6.45) is 6.23. The van der Waals surface area contributed by atoms with Crippen molar-refractivity contribution in [3.05, 3.63) is 0 Å². The van der Waals surface area contributed by atoms with Crippen molar-refractivity contribution in [2.75, 3.05) is 19.6 Å². The van der Waals surface area contributed by atoms with Gasteiger partial charge in [0.15, 0.2) is 0 Å². The Morgan fingerprint density at radius 3 is 2.39 bits per heavy atom. The molecule has 0 aromatic carbocycles. The van der Waals surface area contributed by atoms with Gasteiger partial charge in [-0.25, -0.2) is 0 Å². The van der Waals surface area contributed by atoms with Gasteiger partial charge < -0.3 is 20.6 Å². The molecule has 1 aliphatic carbocycles. The van der Waals surface area contributed by atoms with Crippen molar-refractivity contribution in [3.63, 3.8) is 0 Å². The Balaban J connectivity index is 1.89. The standard InChI is InChI=1S/C17H29N3O3/c1-2-12-20-14(21)13(17(23)6-4-3-5-7-17)19-15(22)16(20)8-10-18-11-9-16/h13,18,23H,2-12H2,1H3,(H,19,22)/t13-/m0/s1. The molecule has 3 aliphatic rings. The van der Waals surface area contributed by atoms with Gasteiger partial charge in [-0.05, 0) is 45.2 Å². The first-order valence-electron chi connectivity index (χ1n) is 9.09. The minimum absolute atomic E-state index is 0.0731. The van der Waals surface area contributed by atoms with E-state index in [9.17, 15) is 14.7 Å². The molecule has 3 rings (SSSR count). The van der Waals surface area contributed by atoms with Crippen LogP contribution in [0.15, 0.2) is 0 Å². The molecule has 0 aromatic heterocycles. The third-order valence-corrected chi connectivity index (χ3v) is 5.86. The van der Waals surface area contributed by atoms with E-state index in [2.05, 4.69) is 10.6 Å². The Bertz CT molecular complexity index is 468. The molecule has 2 heterocycles. The molecule has 1 saturated carbocycles. The van der Waals surface area contributed by atoms with Gasteiger partial charge in [0.2, 0.25) is 11.8 Å². The maximum Gasteiger partial charge on any atom is 0.249 e. The van der Waals surface area contributed by atoms with Crippen LogP contribution < -0.4 is 10.6 Å². The fraction of sp³-hybridized carbons (Fsp3) is 0.882. The normalized spacial score (nSPS) is 30.3. The number of hydrogen-bond acceptors (Lipinski definition) is 4. The molecule has 2 aliphatic heterocycles. The van der Waals surface area contributed by atoms with Crippen LogP contribution in [0.5, 0.6) is 0 Å². The van der Waals surface area contributed by atoms with Crippen molar-refractivity contribution in [2.45, 2.75) is 75.5 Å². The Morgan fingerprint density at radius 2 is 1.78 bits per heavy atom. The third kappa shape index (κ3) is 2.76. The summed E-state index contributed by atoms with van der Waals surface area (Å²) in [5.74, 6) is -0.159. The summed E-state index contributed by atoms with van der Waals surface area (Å²) in [4.78, 5) is 27.9. The molecular weight excluding hydrogens is 294 g/mol. The number of aliphatic hydroxyl groups is 1. The number of nitrogens with one attached hydrogen (secondary N) is 2. The lowest BCUT2D eigenvalue weighted by Gasteiger charge is -2.53. The zero-order valence-corrected chi connectivity index (χ0v) is 14.1. The smallest absolute Gasteiger partial charge is 0.249 e. The van der Waals surface area contributed by atoms with Crippen molar-refractivity contribution in [2.24, 2.45) is 0 Å². The molecule has 3 fully saturated rings. The average Bonchev–Trinajstić information content (AvgIpc) is 2.57. The van der Waals surface area contributed by atoms with Crippen LogP contribution in [-0.2, 0) is 9.59 Å². The van der Waals surface area contributed by atoms with Crippen LogP contribution in [-0.4, -0.2) is 58.6 Å². The molecular formula is C17H29N3O3. The second-order valence-electron chi connectivity index (χ2n) is 7.34.